The van der Waals surface area contributed by atoms with E-state index in [0.717, 1.165) is 18.7 Å². The van der Waals surface area contributed by atoms with Gasteiger partial charge in [-0.3, -0.25) is 4.79 Å². The monoisotopic (exact) mass is 458 g/mol. The number of sulfonamides is 1. The van der Waals surface area contributed by atoms with Gasteiger partial charge in [0.05, 0.1) is 10.6 Å². The van der Waals surface area contributed by atoms with E-state index in [9.17, 15) is 13.2 Å². The van der Waals surface area contributed by atoms with Gasteiger partial charge in [0.25, 0.3) is 15.9 Å². The Labute approximate surface area is 184 Å². The number of amidine groups is 1. The first-order valence-electron chi connectivity index (χ1n) is 9.73. The molecule has 3 heterocycles. The molecule has 1 N–H and O–H groups in total. The number of furan rings is 1. The van der Waals surface area contributed by atoms with Crippen LogP contribution >= 0.6 is 11.3 Å². The first-order chi connectivity index (χ1) is 14.7. The molecular formula is C21H22N4O4S2. The van der Waals surface area contributed by atoms with Crippen LogP contribution in [-0.4, -0.2) is 43.6 Å². The molecule has 0 radical (unpaired) electrons. The lowest BCUT2D eigenvalue weighted by Gasteiger charge is -2.11. The third-order valence-corrected chi connectivity index (χ3v) is 7.38. The number of amides is 1. The topological polar surface area (TPSA) is 105 Å². The predicted octanol–water partition coefficient (Wildman–Crippen LogP) is 4.09. The van der Waals surface area contributed by atoms with Crippen molar-refractivity contribution in [1.29, 1.82) is 0 Å². The summed E-state index contributed by atoms with van der Waals surface area (Å²) < 4.78 is 35.0. The number of rotatable bonds is 5. The lowest BCUT2D eigenvalue weighted by molar-refractivity contribution is 0.102. The minimum Gasteiger partial charge on any atom is -0.459 e. The number of anilines is 1. The van der Waals surface area contributed by atoms with E-state index < -0.39 is 10.0 Å². The summed E-state index contributed by atoms with van der Waals surface area (Å²) in [5, 5.41) is 3.38. The van der Waals surface area contributed by atoms with Gasteiger partial charge in [0.15, 0.2) is 10.8 Å². The number of nitrogens with zero attached hydrogens (tertiary/aromatic N) is 3. The molecule has 1 aliphatic rings. The van der Waals surface area contributed by atoms with E-state index >= 15 is 0 Å². The molecule has 0 aliphatic carbocycles. The summed E-state index contributed by atoms with van der Waals surface area (Å²) in [5.74, 6) is 1.56. The SMILES string of the molecule is Cc1ccc(-c2nc(C)c(C(=O)Nc3cccc(S(=O)(=O)/N=C4\CCCN4C)c3)s2)o1. The van der Waals surface area contributed by atoms with Gasteiger partial charge < -0.3 is 14.6 Å². The molecule has 10 heteroatoms. The van der Waals surface area contributed by atoms with Gasteiger partial charge in [0, 0.05) is 25.7 Å². The molecule has 0 atom stereocenters. The lowest BCUT2D eigenvalue weighted by atomic mass is 10.3. The highest BCUT2D eigenvalue weighted by molar-refractivity contribution is 7.90. The standard InChI is InChI=1S/C21H22N4O4S2/c1-13-9-10-17(29-13)21-22-14(2)19(30-21)20(26)23-15-6-4-7-16(12-15)31(27,28)24-18-8-5-11-25(18)3/h4,6-7,9-10,12H,5,8,11H2,1-3H3,(H,23,26)/b24-18+. The molecule has 8 nitrogen and oxygen atoms in total. The van der Waals surface area contributed by atoms with Crippen molar-refractivity contribution < 1.29 is 17.6 Å². The molecule has 0 spiro atoms. The van der Waals surface area contributed by atoms with E-state index in [2.05, 4.69) is 14.7 Å². The van der Waals surface area contributed by atoms with Crippen molar-refractivity contribution in [3.63, 3.8) is 0 Å². The number of likely N-dealkylation sites (tertiary alicyclic amines) is 1. The number of carbonyl (C=O) groups excluding carboxylic acids is 1. The average molecular weight is 459 g/mol. The zero-order valence-corrected chi connectivity index (χ0v) is 19.0. The van der Waals surface area contributed by atoms with E-state index in [4.69, 9.17) is 4.42 Å². The minimum absolute atomic E-state index is 0.0332. The summed E-state index contributed by atoms with van der Waals surface area (Å²) in [5.41, 5.74) is 0.945. The fourth-order valence-electron chi connectivity index (χ4n) is 3.29. The Morgan fingerprint density at radius 1 is 1.26 bits per heavy atom. The van der Waals surface area contributed by atoms with E-state index in [1.165, 1.54) is 23.5 Å². The normalized spacial score (nSPS) is 15.6. The zero-order valence-electron chi connectivity index (χ0n) is 17.4. The lowest BCUT2D eigenvalue weighted by Crippen LogP contribution is -2.20. The van der Waals surface area contributed by atoms with Crippen LogP contribution in [0.4, 0.5) is 5.69 Å². The van der Waals surface area contributed by atoms with Crippen molar-refractivity contribution in [3.05, 3.63) is 52.7 Å². The minimum atomic E-state index is -3.86. The van der Waals surface area contributed by atoms with Crippen LogP contribution in [-0.2, 0) is 10.0 Å². The number of thiazole rings is 1. The fraction of sp³-hybridized carbons (Fsp3) is 0.286. The second kappa shape index (κ2) is 8.27. The number of nitrogens with one attached hydrogen (secondary N) is 1. The first kappa shape index (κ1) is 21.3. The van der Waals surface area contributed by atoms with Crippen LogP contribution in [0.3, 0.4) is 0 Å². The maximum absolute atomic E-state index is 12.8. The zero-order chi connectivity index (χ0) is 22.2. The summed E-state index contributed by atoms with van der Waals surface area (Å²) in [4.78, 5) is 19.5. The molecule has 0 unspecified atom stereocenters. The summed E-state index contributed by atoms with van der Waals surface area (Å²) in [7, 11) is -2.04. The Balaban J connectivity index is 1.55. The second-order valence-corrected chi connectivity index (χ2v) is 9.94. The number of aromatic nitrogens is 1. The fourth-order valence-corrected chi connectivity index (χ4v) is 5.35. The quantitative estimate of drug-likeness (QED) is 0.618. The molecule has 162 valence electrons. The van der Waals surface area contributed by atoms with Gasteiger partial charge in [-0.25, -0.2) is 4.98 Å². The molecule has 0 saturated carbocycles. The Morgan fingerprint density at radius 3 is 2.74 bits per heavy atom. The van der Waals surface area contributed by atoms with Gasteiger partial charge >= 0.3 is 0 Å². The van der Waals surface area contributed by atoms with E-state index in [-0.39, 0.29) is 10.8 Å². The van der Waals surface area contributed by atoms with Crippen molar-refractivity contribution in [3.8, 4) is 10.8 Å². The molecule has 1 saturated heterocycles. The Morgan fingerprint density at radius 2 is 2.06 bits per heavy atom. The number of aryl methyl sites for hydroxylation is 2. The molecule has 1 aromatic carbocycles. The third-order valence-electron chi connectivity index (χ3n) is 4.90. The van der Waals surface area contributed by atoms with Gasteiger partial charge in [0.2, 0.25) is 0 Å². The van der Waals surface area contributed by atoms with Gasteiger partial charge in [-0.2, -0.15) is 8.42 Å². The maximum Gasteiger partial charge on any atom is 0.284 e. The highest BCUT2D eigenvalue weighted by Crippen LogP contribution is 2.30. The average Bonchev–Trinajstić information content (AvgIpc) is 3.43. The maximum atomic E-state index is 12.8. The van der Waals surface area contributed by atoms with Crippen LogP contribution in [0, 0.1) is 13.8 Å². The molecule has 31 heavy (non-hydrogen) atoms. The summed E-state index contributed by atoms with van der Waals surface area (Å²) in [6.07, 6.45) is 1.52. The number of benzene rings is 1. The van der Waals surface area contributed by atoms with Crippen LogP contribution in [0.25, 0.3) is 10.8 Å². The van der Waals surface area contributed by atoms with Gasteiger partial charge in [0.1, 0.15) is 16.5 Å². The third kappa shape index (κ3) is 4.54. The number of hydrogen-bond donors (Lipinski definition) is 1. The Bertz CT molecular complexity index is 1270. The van der Waals surface area contributed by atoms with Gasteiger partial charge in [-0.1, -0.05) is 6.07 Å². The summed E-state index contributed by atoms with van der Waals surface area (Å²) >= 11 is 1.22. The summed E-state index contributed by atoms with van der Waals surface area (Å²) in [6, 6.07) is 9.76. The van der Waals surface area contributed by atoms with Crippen molar-refractivity contribution in [1.82, 2.24) is 9.88 Å². The van der Waals surface area contributed by atoms with Gasteiger partial charge in [-0.15, -0.1) is 15.7 Å². The van der Waals surface area contributed by atoms with E-state index in [1.807, 2.05) is 31.0 Å². The van der Waals surface area contributed by atoms with Crippen LogP contribution in [0.1, 0.15) is 34.0 Å². The van der Waals surface area contributed by atoms with Crippen LogP contribution in [0.15, 0.2) is 50.1 Å². The number of hydrogen-bond acceptors (Lipinski definition) is 6. The first-order valence-corrected chi connectivity index (χ1v) is 12.0. The Kier molecular flexibility index (Phi) is 5.67. The molecular weight excluding hydrogens is 436 g/mol. The Hall–Kier alpha value is -2.98. The van der Waals surface area contributed by atoms with Crippen LogP contribution in [0.2, 0.25) is 0 Å². The van der Waals surface area contributed by atoms with Crippen molar-refractivity contribution in [2.75, 3.05) is 18.9 Å². The number of carbonyl (C=O) groups is 1. The molecule has 3 aromatic rings. The smallest absolute Gasteiger partial charge is 0.284 e. The molecule has 2 aromatic heterocycles. The van der Waals surface area contributed by atoms with E-state index in [0.29, 0.717) is 39.3 Å². The van der Waals surface area contributed by atoms with Crippen molar-refractivity contribution in [2.45, 2.75) is 31.6 Å². The van der Waals surface area contributed by atoms with Crippen molar-refractivity contribution >= 4 is 38.8 Å². The molecule has 0 bridgehead atoms. The van der Waals surface area contributed by atoms with Crippen molar-refractivity contribution in [2.24, 2.45) is 4.40 Å². The highest BCUT2D eigenvalue weighted by Gasteiger charge is 2.22. The predicted molar refractivity (Wildman–Crippen MR) is 120 cm³/mol. The largest absolute Gasteiger partial charge is 0.459 e. The molecule has 1 fully saturated rings. The van der Waals surface area contributed by atoms with E-state index in [1.54, 1.807) is 19.1 Å². The molecule has 1 amide bonds. The second-order valence-electron chi connectivity index (χ2n) is 7.33. The molecule has 4 rings (SSSR count). The van der Waals surface area contributed by atoms with Crippen LogP contribution in [0.5, 0.6) is 0 Å². The summed E-state index contributed by atoms with van der Waals surface area (Å²) in [6.45, 7) is 4.38. The van der Waals surface area contributed by atoms with Crippen LogP contribution < -0.4 is 5.32 Å². The van der Waals surface area contributed by atoms with Gasteiger partial charge in [-0.05, 0) is 50.6 Å². The molecule has 1 aliphatic heterocycles. The highest BCUT2D eigenvalue weighted by atomic mass is 32.2.